The number of nitrogens with zero attached hydrogens (tertiary/aromatic N) is 3. The van der Waals surface area contributed by atoms with Crippen LogP contribution < -0.4 is 5.73 Å². The van der Waals surface area contributed by atoms with Crippen LogP contribution in [-0.4, -0.2) is 31.9 Å². The Kier molecular flexibility index (Phi) is 4.50. The Bertz CT molecular complexity index is 528. The summed E-state index contributed by atoms with van der Waals surface area (Å²) in [6.07, 6.45) is 4.84. The highest BCUT2D eigenvalue weighted by atomic mass is 32.1. The van der Waals surface area contributed by atoms with Gasteiger partial charge in [0.2, 0.25) is 0 Å². The number of rotatable bonds is 6. The summed E-state index contributed by atoms with van der Waals surface area (Å²) in [6, 6.07) is 6.46. The standard InChI is InChI=1S/C14H20N4S/c1-11(2)17(8-6-13(15)19)9-12-10-18-7-4-3-5-14(18)16-12/h3-5,7,10-11H,6,8-9H2,1-2H3,(H2,15,19). The maximum atomic E-state index is 5.58. The summed E-state index contributed by atoms with van der Waals surface area (Å²) in [6.45, 7) is 6.05. The van der Waals surface area contributed by atoms with E-state index in [4.69, 9.17) is 18.0 Å². The molecule has 2 heterocycles. The van der Waals surface area contributed by atoms with Crippen LogP contribution in [0.1, 0.15) is 26.0 Å². The molecule has 0 amide bonds. The van der Waals surface area contributed by atoms with E-state index in [9.17, 15) is 0 Å². The van der Waals surface area contributed by atoms with Gasteiger partial charge in [0.05, 0.1) is 10.7 Å². The Balaban J connectivity index is 2.09. The predicted octanol–water partition coefficient (Wildman–Crippen LogP) is 2.22. The second-order valence-corrected chi connectivity index (χ2v) is 5.50. The van der Waals surface area contributed by atoms with Gasteiger partial charge in [0.25, 0.3) is 0 Å². The third-order valence-electron chi connectivity index (χ3n) is 3.15. The minimum absolute atomic E-state index is 0.444. The second kappa shape index (κ2) is 6.12. The molecule has 0 unspecified atom stereocenters. The lowest BCUT2D eigenvalue weighted by Crippen LogP contribution is -2.33. The lowest BCUT2D eigenvalue weighted by molar-refractivity contribution is 0.217. The van der Waals surface area contributed by atoms with E-state index < -0.39 is 0 Å². The zero-order valence-electron chi connectivity index (χ0n) is 11.4. The Morgan fingerprint density at radius 3 is 2.89 bits per heavy atom. The SMILES string of the molecule is CC(C)N(CCC(N)=S)Cc1cn2ccccc2n1. The molecule has 0 radical (unpaired) electrons. The number of imidazole rings is 1. The van der Waals surface area contributed by atoms with E-state index in [2.05, 4.69) is 29.9 Å². The van der Waals surface area contributed by atoms with E-state index >= 15 is 0 Å². The topological polar surface area (TPSA) is 46.6 Å². The van der Waals surface area contributed by atoms with Crippen molar-refractivity contribution in [2.45, 2.75) is 32.9 Å². The molecule has 102 valence electrons. The van der Waals surface area contributed by atoms with Crippen LogP contribution in [0, 0.1) is 0 Å². The van der Waals surface area contributed by atoms with E-state index in [0.29, 0.717) is 11.0 Å². The number of hydrogen-bond donors (Lipinski definition) is 1. The van der Waals surface area contributed by atoms with Crippen molar-refractivity contribution in [2.75, 3.05) is 6.54 Å². The fraction of sp³-hybridized carbons (Fsp3) is 0.429. The largest absolute Gasteiger partial charge is 0.393 e. The summed E-state index contributed by atoms with van der Waals surface area (Å²) in [5.41, 5.74) is 7.63. The Labute approximate surface area is 119 Å². The zero-order chi connectivity index (χ0) is 13.8. The highest BCUT2D eigenvalue weighted by molar-refractivity contribution is 7.80. The van der Waals surface area contributed by atoms with Crippen LogP contribution in [0.25, 0.3) is 5.65 Å². The van der Waals surface area contributed by atoms with E-state index in [0.717, 1.165) is 30.9 Å². The van der Waals surface area contributed by atoms with Crippen LogP contribution in [0.3, 0.4) is 0 Å². The van der Waals surface area contributed by atoms with Crippen LogP contribution in [-0.2, 0) is 6.54 Å². The Morgan fingerprint density at radius 2 is 2.26 bits per heavy atom. The van der Waals surface area contributed by atoms with Crippen molar-refractivity contribution in [1.29, 1.82) is 0 Å². The van der Waals surface area contributed by atoms with Gasteiger partial charge in [-0.3, -0.25) is 4.90 Å². The molecule has 2 aromatic rings. The van der Waals surface area contributed by atoms with Gasteiger partial charge < -0.3 is 10.1 Å². The Hall–Kier alpha value is -1.46. The van der Waals surface area contributed by atoms with E-state index in [-0.39, 0.29) is 0 Å². The molecule has 0 bridgehead atoms. The fourth-order valence-corrected chi connectivity index (χ4v) is 2.14. The molecule has 0 aromatic carbocycles. The summed E-state index contributed by atoms with van der Waals surface area (Å²) in [7, 11) is 0. The van der Waals surface area contributed by atoms with Gasteiger partial charge >= 0.3 is 0 Å². The molecule has 2 N–H and O–H groups in total. The molecular weight excluding hydrogens is 256 g/mol. The predicted molar refractivity (Wildman–Crippen MR) is 82.1 cm³/mol. The molecule has 2 aromatic heterocycles. The number of pyridine rings is 1. The van der Waals surface area contributed by atoms with Gasteiger partial charge in [-0.25, -0.2) is 4.98 Å². The minimum Gasteiger partial charge on any atom is -0.393 e. The van der Waals surface area contributed by atoms with E-state index in [1.807, 2.05) is 28.8 Å². The first-order chi connectivity index (χ1) is 9.06. The molecule has 0 spiro atoms. The summed E-state index contributed by atoms with van der Waals surface area (Å²) >= 11 is 4.95. The maximum absolute atomic E-state index is 5.58. The number of nitrogens with two attached hydrogens (primary N) is 1. The molecule has 0 atom stereocenters. The molecule has 2 rings (SSSR count). The lowest BCUT2D eigenvalue weighted by Gasteiger charge is -2.25. The van der Waals surface area contributed by atoms with Gasteiger partial charge in [-0.15, -0.1) is 0 Å². The van der Waals surface area contributed by atoms with E-state index in [1.54, 1.807) is 0 Å². The van der Waals surface area contributed by atoms with Crippen LogP contribution in [0.4, 0.5) is 0 Å². The smallest absolute Gasteiger partial charge is 0.137 e. The van der Waals surface area contributed by atoms with Gasteiger partial charge in [-0.05, 0) is 26.0 Å². The van der Waals surface area contributed by atoms with Crippen molar-refractivity contribution >= 4 is 22.9 Å². The zero-order valence-corrected chi connectivity index (χ0v) is 12.2. The minimum atomic E-state index is 0.444. The van der Waals surface area contributed by atoms with Crippen molar-refractivity contribution in [1.82, 2.24) is 14.3 Å². The van der Waals surface area contributed by atoms with Gasteiger partial charge in [-0.2, -0.15) is 0 Å². The van der Waals surface area contributed by atoms with Gasteiger partial charge in [0.1, 0.15) is 5.65 Å². The van der Waals surface area contributed by atoms with Gasteiger partial charge in [0.15, 0.2) is 0 Å². The third kappa shape index (κ3) is 3.75. The van der Waals surface area contributed by atoms with Gasteiger partial charge in [0, 0.05) is 37.9 Å². The van der Waals surface area contributed by atoms with Gasteiger partial charge in [-0.1, -0.05) is 18.3 Å². The normalized spacial score (nSPS) is 11.6. The van der Waals surface area contributed by atoms with Crippen LogP contribution in [0.2, 0.25) is 0 Å². The summed E-state index contributed by atoms with van der Waals surface area (Å²) in [5.74, 6) is 0. The first-order valence-electron chi connectivity index (χ1n) is 6.51. The summed E-state index contributed by atoms with van der Waals surface area (Å²) in [4.78, 5) is 7.52. The fourth-order valence-electron chi connectivity index (χ4n) is 2.05. The highest BCUT2D eigenvalue weighted by Crippen LogP contribution is 2.10. The number of aromatic nitrogens is 2. The number of hydrogen-bond acceptors (Lipinski definition) is 3. The maximum Gasteiger partial charge on any atom is 0.137 e. The van der Waals surface area contributed by atoms with Crippen molar-refractivity contribution < 1.29 is 0 Å². The second-order valence-electron chi connectivity index (χ2n) is 4.98. The molecule has 5 heteroatoms. The highest BCUT2D eigenvalue weighted by Gasteiger charge is 2.12. The van der Waals surface area contributed by atoms with Crippen molar-refractivity contribution in [3.05, 3.63) is 36.3 Å². The molecule has 0 saturated carbocycles. The molecule has 4 nitrogen and oxygen atoms in total. The number of fused-ring (bicyclic) bond motifs is 1. The van der Waals surface area contributed by atoms with Crippen molar-refractivity contribution in [3.8, 4) is 0 Å². The first kappa shape index (κ1) is 14.0. The first-order valence-corrected chi connectivity index (χ1v) is 6.92. The van der Waals surface area contributed by atoms with Crippen LogP contribution in [0.15, 0.2) is 30.6 Å². The van der Waals surface area contributed by atoms with Crippen LogP contribution >= 0.6 is 12.2 Å². The lowest BCUT2D eigenvalue weighted by atomic mass is 10.2. The summed E-state index contributed by atoms with van der Waals surface area (Å²) in [5, 5.41) is 0. The molecule has 0 saturated heterocycles. The number of thiocarbonyl (C=S) groups is 1. The average Bonchev–Trinajstić information content (AvgIpc) is 2.76. The average molecular weight is 276 g/mol. The van der Waals surface area contributed by atoms with Crippen molar-refractivity contribution in [3.63, 3.8) is 0 Å². The molecule has 0 aliphatic heterocycles. The van der Waals surface area contributed by atoms with Crippen LogP contribution in [0.5, 0.6) is 0 Å². The molecular formula is C14H20N4S. The summed E-state index contributed by atoms with van der Waals surface area (Å²) < 4.78 is 2.04. The Morgan fingerprint density at radius 1 is 1.47 bits per heavy atom. The quantitative estimate of drug-likeness (QED) is 0.822. The van der Waals surface area contributed by atoms with Crippen molar-refractivity contribution in [2.24, 2.45) is 5.73 Å². The molecule has 0 aliphatic rings. The molecule has 19 heavy (non-hydrogen) atoms. The monoisotopic (exact) mass is 276 g/mol. The van der Waals surface area contributed by atoms with E-state index in [1.165, 1.54) is 0 Å². The molecule has 0 fully saturated rings. The molecule has 0 aliphatic carbocycles. The third-order valence-corrected chi connectivity index (χ3v) is 3.36.